The summed E-state index contributed by atoms with van der Waals surface area (Å²) in [5.41, 5.74) is -0.765. The number of rotatable bonds is 1. The van der Waals surface area contributed by atoms with Gasteiger partial charge in [0.05, 0.1) is 0 Å². The summed E-state index contributed by atoms with van der Waals surface area (Å²) in [5.74, 6) is -2.02. The summed E-state index contributed by atoms with van der Waals surface area (Å²) in [7, 11) is 0. The van der Waals surface area contributed by atoms with Crippen molar-refractivity contribution in [3.8, 4) is 0 Å². The van der Waals surface area contributed by atoms with E-state index in [1.807, 2.05) is 10.6 Å². The zero-order valence-corrected chi connectivity index (χ0v) is 11.8. The lowest BCUT2D eigenvalue weighted by molar-refractivity contribution is -0.171. The number of ether oxygens (including phenoxy) is 1. The Kier molecular flexibility index (Phi) is 4.84. The fraction of sp³-hybridized carbons (Fsp3) is 0.545. The van der Waals surface area contributed by atoms with E-state index >= 15 is 0 Å². The van der Waals surface area contributed by atoms with Gasteiger partial charge in [-0.2, -0.15) is 0 Å². The number of alkyl carbamates (subject to hydrolysis) is 1. The molecule has 1 rings (SSSR count). The van der Waals surface area contributed by atoms with Gasteiger partial charge < -0.3 is 9.57 Å². The van der Waals surface area contributed by atoms with Crippen molar-refractivity contribution in [3.63, 3.8) is 0 Å². The van der Waals surface area contributed by atoms with Crippen LogP contribution in [0.5, 0.6) is 0 Å². The molecule has 1 aliphatic rings. The van der Waals surface area contributed by atoms with E-state index in [4.69, 9.17) is 10.1 Å². The van der Waals surface area contributed by atoms with Gasteiger partial charge in [-0.3, -0.25) is 25.6 Å². The van der Waals surface area contributed by atoms with Crippen LogP contribution in [0.3, 0.4) is 0 Å². The highest BCUT2D eigenvalue weighted by atomic mass is 16.7. The Morgan fingerprint density at radius 2 is 1.57 bits per heavy atom. The third-order valence-electron chi connectivity index (χ3n) is 2.03. The third kappa shape index (κ3) is 5.47. The lowest BCUT2D eigenvalue weighted by Gasteiger charge is -2.20. The van der Waals surface area contributed by atoms with Gasteiger partial charge in [-0.15, -0.1) is 5.06 Å². The van der Waals surface area contributed by atoms with Crippen LogP contribution in [0.25, 0.3) is 0 Å². The number of nitrogens with zero attached hydrogens (tertiary/aromatic N) is 1. The predicted octanol–water partition coefficient (Wildman–Crippen LogP) is 0.236. The molecule has 21 heavy (non-hydrogen) atoms. The normalized spacial score (nSPS) is 14.7. The van der Waals surface area contributed by atoms with Crippen LogP contribution in [0.2, 0.25) is 0 Å². The van der Waals surface area contributed by atoms with Crippen molar-refractivity contribution in [3.05, 3.63) is 0 Å². The van der Waals surface area contributed by atoms with Gasteiger partial charge in [-0.1, -0.05) is 0 Å². The Hall–Kier alpha value is -2.65. The molecule has 0 aromatic heterocycles. The number of carbonyl (C=O) groups excluding carboxylic acids is 4. The van der Waals surface area contributed by atoms with Gasteiger partial charge in [0.2, 0.25) is 5.96 Å². The molecule has 3 N–H and O–H groups in total. The molecule has 0 saturated carbocycles. The molecule has 1 aliphatic heterocycles. The molecule has 0 aromatic carbocycles. The molecule has 0 unspecified atom stereocenters. The second kappa shape index (κ2) is 6.20. The molecule has 1 heterocycles. The van der Waals surface area contributed by atoms with E-state index in [0.29, 0.717) is 5.06 Å². The van der Waals surface area contributed by atoms with E-state index in [9.17, 15) is 19.2 Å². The largest absolute Gasteiger partial charge is 0.444 e. The van der Waals surface area contributed by atoms with Crippen molar-refractivity contribution < 1.29 is 28.8 Å². The summed E-state index contributed by atoms with van der Waals surface area (Å²) in [5, 5.41) is 11.4. The fourth-order valence-electron chi connectivity index (χ4n) is 1.30. The van der Waals surface area contributed by atoms with E-state index < -0.39 is 35.6 Å². The van der Waals surface area contributed by atoms with E-state index in [1.165, 1.54) is 0 Å². The van der Waals surface area contributed by atoms with Gasteiger partial charge in [0.25, 0.3) is 11.8 Å². The highest BCUT2D eigenvalue weighted by molar-refractivity contribution is 6.03. The van der Waals surface area contributed by atoms with Crippen molar-refractivity contribution >= 4 is 30.0 Å². The van der Waals surface area contributed by atoms with Crippen LogP contribution in [0.15, 0.2) is 0 Å². The monoisotopic (exact) mass is 300 g/mol. The van der Waals surface area contributed by atoms with Crippen LogP contribution < -0.4 is 10.6 Å². The fourth-order valence-corrected chi connectivity index (χ4v) is 1.30. The molecule has 10 nitrogen and oxygen atoms in total. The topological polar surface area (TPSA) is 138 Å². The summed E-state index contributed by atoms with van der Waals surface area (Å²) in [6.45, 7) is 4.88. The van der Waals surface area contributed by atoms with Crippen molar-refractivity contribution in [1.29, 1.82) is 5.41 Å². The number of amides is 4. The van der Waals surface area contributed by atoms with Gasteiger partial charge in [0.1, 0.15) is 5.60 Å². The Balaban J connectivity index is 2.41. The Morgan fingerprint density at radius 1 is 1.10 bits per heavy atom. The Labute approximate surface area is 120 Å². The molecule has 0 aromatic rings. The second-order valence-corrected chi connectivity index (χ2v) is 5.09. The van der Waals surface area contributed by atoms with E-state index in [2.05, 4.69) is 4.84 Å². The number of hydrogen-bond donors (Lipinski definition) is 3. The molecule has 10 heteroatoms. The minimum atomic E-state index is -1.25. The first-order chi connectivity index (χ1) is 9.58. The zero-order chi connectivity index (χ0) is 16.2. The molecule has 0 atom stereocenters. The first-order valence-electron chi connectivity index (χ1n) is 6.02. The summed E-state index contributed by atoms with van der Waals surface area (Å²) < 4.78 is 4.86. The number of hydroxylamine groups is 2. The maximum absolute atomic E-state index is 11.4. The number of nitrogens with one attached hydrogen (secondary N) is 3. The Morgan fingerprint density at radius 3 is 2.05 bits per heavy atom. The minimum Gasteiger partial charge on any atom is -0.444 e. The van der Waals surface area contributed by atoms with Crippen LogP contribution in [-0.2, 0) is 19.2 Å². The molecule has 4 amide bonds. The van der Waals surface area contributed by atoms with Crippen LogP contribution >= 0.6 is 0 Å². The van der Waals surface area contributed by atoms with Gasteiger partial charge in [-0.25, -0.2) is 9.59 Å². The molecular weight excluding hydrogens is 284 g/mol. The van der Waals surface area contributed by atoms with Crippen molar-refractivity contribution in [2.24, 2.45) is 0 Å². The third-order valence-corrected chi connectivity index (χ3v) is 2.03. The summed E-state index contributed by atoms with van der Waals surface area (Å²) in [4.78, 5) is 49.5. The van der Waals surface area contributed by atoms with Gasteiger partial charge >= 0.3 is 12.2 Å². The van der Waals surface area contributed by atoms with Crippen LogP contribution in [0.1, 0.15) is 33.6 Å². The molecular formula is C11H16N4O6. The van der Waals surface area contributed by atoms with E-state index in [0.717, 1.165) is 0 Å². The molecule has 116 valence electrons. The standard InChI is InChI=1S/C11H16N4O6/c1-11(2,3)20-9(18)13-8(12)14-10(19)21-15-6(16)4-5-7(15)17/h4-5H2,1-3H3,(H3,12,13,14,18,19). The van der Waals surface area contributed by atoms with E-state index in [1.54, 1.807) is 20.8 Å². The number of hydrogen-bond acceptors (Lipinski definition) is 7. The second-order valence-electron chi connectivity index (χ2n) is 5.09. The highest BCUT2D eigenvalue weighted by Crippen LogP contribution is 2.11. The lowest BCUT2D eigenvalue weighted by Crippen LogP contribution is -2.47. The minimum absolute atomic E-state index is 0.0419. The summed E-state index contributed by atoms with van der Waals surface area (Å²) in [6, 6.07) is 0. The number of guanidine groups is 1. The maximum atomic E-state index is 11.4. The number of imide groups is 1. The van der Waals surface area contributed by atoms with Crippen molar-refractivity contribution in [2.45, 2.75) is 39.2 Å². The van der Waals surface area contributed by atoms with Crippen molar-refractivity contribution in [1.82, 2.24) is 15.7 Å². The van der Waals surface area contributed by atoms with Gasteiger partial charge in [-0.05, 0) is 20.8 Å². The van der Waals surface area contributed by atoms with Crippen LogP contribution in [0.4, 0.5) is 9.59 Å². The molecule has 0 bridgehead atoms. The lowest BCUT2D eigenvalue weighted by atomic mass is 10.2. The molecule has 0 radical (unpaired) electrons. The van der Waals surface area contributed by atoms with Gasteiger partial charge in [0.15, 0.2) is 0 Å². The highest BCUT2D eigenvalue weighted by Gasteiger charge is 2.33. The zero-order valence-electron chi connectivity index (χ0n) is 11.8. The quantitative estimate of drug-likeness (QED) is 0.360. The number of carbonyl (C=O) groups is 4. The summed E-state index contributed by atoms with van der Waals surface area (Å²) >= 11 is 0. The maximum Gasteiger partial charge on any atom is 0.438 e. The smallest absolute Gasteiger partial charge is 0.438 e. The van der Waals surface area contributed by atoms with E-state index in [-0.39, 0.29) is 12.8 Å². The molecule has 0 aliphatic carbocycles. The predicted molar refractivity (Wildman–Crippen MR) is 67.8 cm³/mol. The molecule has 0 spiro atoms. The van der Waals surface area contributed by atoms with Crippen molar-refractivity contribution in [2.75, 3.05) is 0 Å². The molecule has 1 saturated heterocycles. The van der Waals surface area contributed by atoms with Crippen LogP contribution in [0, 0.1) is 5.41 Å². The first kappa shape index (κ1) is 16.4. The van der Waals surface area contributed by atoms with Crippen LogP contribution in [-0.4, -0.2) is 40.6 Å². The Bertz CT molecular complexity index is 479. The summed E-state index contributed by atoms with van der Waals surface area (Å²) in [6.07, 6.45) is -2.28. The van der Waals surface area contributed by atoms with Gasteiger partial charge in [0, 0.05) is 12.8 Å². The molecule has 1 fully saturated rings. The average Bonchev–Trinajstić information content (AvgIpc) is 2.57. The SMILES string of the molecule is CC(C)(C)OC(=O)NC(=N)NC(=O)ON1C(=O)CCC1=O. The first-order valence-corrected chi connectivity index (χ1v) is 6.02. The average molecular weight is 300 g/mol.